The molecule has 1 atom stereocenters. The van der Waals surface area contributed by atoms with E-state index in [1.54, 1.807) is 37.3 Å². The second kappa shape index (κ2) is 10.7. The Hall–Kier alpha value is -2.24. The minimum absolute atomic E-state index is 0.159. The lowest BCUT2D eigenvalue weighted by Gasteiger charge is -2.30. The lowest BCUT2D eigenvalue weighted by molar-refractivity contribution is -0.142. The molecule has 1 fully saturated rings. The first-order valence-corrected chi connectivity index (χ1v) is 10.9. The molecule has 2 aromatic carbocycles. The maximum atomic E-state index is 13.0. The number of carbonyl (C=O) groups excluding carboxylic acids is 2. The first-order chi connectivity index (χ1) is 14.4. The van der Waals surface area contributed by atoms with Crippen molar-refractivity contribution < 1.29 is 14.3 Å². The zero-order valence-electron chi connectivity index (χ0n) is 16.9. The molecule has 0 saturated heterocycles. The van der Waals surface area contributed by atoms with Gasteiger partial charge in [-0.15, -0.1) is 0 Å². The molecule has 3 rings (SSSR count). The number of hydrogen-bond donors (Lipinski definition) is 1. The van der Waals surface area contributed by atoms with Gasteiger partial charge in [0.2, 0.25) is 5.91 Å². The third-order valence-electron chi connectivity index (χ3n) is 5.34. The molecular formula is C23H26Cl2N2O3. The smallest absolute Gasteiger partial charge is 0.261 e. The Labute approximate surface area is 187 Å². The lowest BCUT2D eigenvalue weighted by Crippen LogP contribution is -2.50. The molecule has 30 heavy (non-hydrogen) atoms. The van der Waals surface area contributed by atoms with E-state index in [-0.39, 0.29) is 31.0 Å². The molecule has 1 aliphatic carbocycles. The Kier molecular flexibility index (Phi) is 8.00. The quantitative estimate of drug-likeness (QED) is 0.627. The van der Waals surface area contributed by atoms with Gasteiger partial charge in [-0.25, -0.2) is 0 Å². The zero-order valence-corrected chi connectivity index (χ0v) is 18.5. The minimum Gasteiger partial charge on any atom is -0.484 e. The van der Waals surface area contributed by atoms with E-state index in [4.69, 9.17) is 27.9 Å². The highest BCUT2D eigenvalue weighted by Gasteiger charge is 2.29. The minimum atomic E-state index is -0.650. The summed E-state index contributed by atoms with van der Waals surface area (Å²) in [5.74, 6) is 0.0845. The van der Waals surface area contributed by atoms with Gasteiger partial charge >= 0.3 is 0 Å². The van der Waals surface area contributed by atoms with Gasteiger partial charge in [0.15, 0.2) is 6.61 Å². The van der Waals surface area contributed by atoms with Crippen LogP contribution in [-0.4, -0.2) is 35.4 Å². The van der Waals surface area contributed by atoms with E-state index in [0.717, 1.165) is 31.2 Å². The van der Waals surface area contributed by atoms with Crippen LogP contribution in [0.4, 0.5) is 0 Å². The molecule has 2 amide bonds. The Morgan fingerprint density at radius 1 is 1.10 bits per heavy atom. The highest BCUT2D eigenvalue weighted by atomic mass is 35.5. The maximum Gasteiger partial charge on any atom is 0.261 e. The van der Waals surface area contributed by atoms with E-state index >= 15 is 0 Å². The van der Waals surface area contributed by atoms with Crippen LogP contribution in [0, 0.1) is 0 Å². The number of carbonyl (C=O) groups is 2. The molecule has 1 aliphatic rings. The fraction of sp³-hybridized carbons (Fsp3) is 0.391. The van der Waals surface area contributed by atoms with Crippen LogP contribution in [0.5, 0.6) is 5.75 Å². The highest BCUT2D eigenvalue weighted by Crippen LogP contribution is 2.21. The first kappa shape index (κ1) is 22.4. The highest BCUT2D eigenvalue weighted by molar-refractivity contribution is 6.31. The number of amides is 2. The summed E-state index contributed by atoms with van der Waals surface area (Å²) >= 11 is 12.2. The summed E-state index contributed by atoms with van der Waals surface area (Å²) in [5, 5.41) is 4.22. The molecule has 2 aromatic rings. The number of nitrogens with one attached hydrogen (secondary N) is 1. The van der Waals surface area contributed by atoms with Crippen molar-refractivity contribution in [3.05, 3.63) is 64.1 Å². The van der Waals surface area contributed by atoms with Crippen LogP contribution in [-0.2, 0) is 16.1 Å². The fourth-order valence-electron chi connectivity index (χ4n) is 3.54. The largest absolute Gasteiger partial charge is 0.484 e. The predicted molar refractivity (Wildman–Crippen MR) is 119 cm³/mol. The third-order valence-corrected chi connectivity index (χ3v) is 5.96. The fourth-order valence-corrected chi connectivity index (χ4v) is 3.86. The van der Waals surface area contributed by atoms with Crippen molar-refractivity contribution in [3.8, 4) is 5.75 Å². The van der Waals surface area contributed by atoms with Crippen LogP contribution >= 0.6 is 23.2 Å². The summed E-state index contributed by atoms with van der Waals surface area (Å²) in [4.78, 5) is 27.4. The van der Waals surface area contributed by atoms with Crippen molar-refractivity contribution in [2.45, 2.75) is 51.2 Å². The summed E-state index contributed by atoms with van der Waals surface area (Å²) in [6, 6.07) is 13.6. The van der Waals surface area contributed by atoms with Crippen LogP contribution < -0.4 is 10.1 Å². The van der Waals surface area contributed by atoms with E-state index in [0.29, 0.717) is 15.8 Å². The van der Waals surface area contributed by atoms with E-state index in [1.165, 1.54) is 4.90 Å². The summed E-state index contributed by atoms with van der Waals surface area (Å²) in [5.41, 5.74) is 0.777. The van der Waals surface area contributed by atoms with Crippen LogP contribution in [0.2, 0.25) is 10.0 Å². The van der Waals surface area contributed by atoms with E-state index in [1.807, 2.05) is 18.2 Å². The van der Waals surface area contributed by atoms with E-state index in [2.05, 4.69) is 5.32 Å². The van der Waals surface area contributed by atoms with Gasteiger partial charge in [-0.2, -0.15) is 0 Å². The van der Waals surface area contributed by atoms with Gasteiger partial charge in [-0.05, 0) is 55.7 Å². The molecule has 1 saturated carbocycles. The number of halogens is 2. The van der Waals surface area contributed by atoms with Gasteiger partial charge < -0.3 is 15.0 Å². The van der Waals surface area contributed by atoms with Crippen molar-refractivity contribution in [1.29, 1.82) is 0 Å². The van der Waals surface area contributed by atoms with Crippen LogP contribution in [0.25, 0.3) is 0 Å². The maximum absolute atomic E-state index is 13.0. The Balaban J connectivity index is 1.71. The molecule has 0 heterocycles. The van der Waals surface area contributed by atoms with Gasteiger partial charge in [0.05, 0.1) is 0 Å². The molecule has 160 valence electrons. The second-order valence-electron chi connectivity index (χ2n) is 7.52. The first-order valence-electron chi connectivity index (χ1n) is 10.2. The molecule has 0 bridgehead atoms. The number of nitrogens with zero attached hydrogens (tertiary/aromatic N) is 1. The molecule has 5 nitrogen and oxygen atoms in total. The van der Waals surface area contributed by atoms with E-state index in [9.17, 15) is 9.59 Å². The summed E-state index contributed by atoms with van der Waals surface area (Å²) < 4.78 is 5.62. The Bertz CT molecular complexity index is 867. The van der Waals surface area contributed by atoms with Crippen molar-refractivity contribution in [1.82, 2.24) is 10.2 Å². The van der Waals surface area contributed by atoms with E-state index < -0.39 is 6.04 Å². The van der Waals surface area contributed by atoms with Crippen LogP contribution in [0.1, 0.15) is 38.2 Å². The van der Waals surface area contributed by atoms with Crippen molar-refractivity contribution in [3.63, 3.8) is 0 Å². The normalized spacial score (nSPS) is 14.9. The number of benzene rings is 2. The third kappa shape index (κ3) is 6.13. The summed E-state index contributed by atoms with van der Waals surface area (Å²) in [6.45, 7) is 1.77. The molecule has 0 unspecified atom stereocenters. The average molecular weight is 449 g/mol. The number of ether oxygens (including phenoxy) is 1. The zero-order chi connectivity index (χ0) is 21.5. The SMILES string of the molecule is C[C@H](C(=O)NC1CCCC1)N(Cc1ccccc1Cl)C(=O)COc1ccc(Cl)cc1. The molecule has 0 radical (unpaired) electrons. The standard InChI is InChI=1S/C23H26Cl2N2O3/c1-16(23(29)26-19-7-3-4-8-19)27(14-17-6-2-5-9-21(17)25)22(28)15-30-20-12-10-18(24)11-13-20/h2,5-6,9-13,16,19H,3-4,7-8,14-15H2,1H3,(H,26,29)/t16-/m1/s1. The Morgan fingerprint density at radius 3 is 2.43 bits per heavy atom. The average Bonchev–Trinajstić information content (AvgIpc) is 3.25. The van der Waals surface area contributed by atoms with Crippen molar-refractivity contribution >= 4 is 35.0 Å². The molecule has 0 aromatic heterocycles. The monoisotopic (exact) mass is 448 g/mol. The molecule has 0 aliphatic heterocycles. The summed E-state index contributed by atoms with van der Waals surface area (Å²) in [6.07, 6.45) is 4.21. The molecule has 7 heteroatoms. The molecular weight excluding hydrogens is 423 g/mol. The van der Waals surface area contributed by atoms with Crippen molar-refractivity contribution in [2.75, 3.05) is 6.61 Å². The van der Waals surface area contributed by atoms with Crippen LogP contribution in [0.15, 0.2) is 48.5 Å². The Morgan fingerprint density at radius 2 is 1.77 bits per heavy atom. The number of hydrogen-bond acceptors (Lipinski definition) is 3. The van der Waals surface area contributed by atoms with Gasteiger partial charge in [0.1, 0.15) is 11.8 Å². The lowest BCUT2D eigenvalue weighted by atomic mass is 10.1. The molecule has 0 spiro atoms. The van der Waals surface area contributed by atoms with Crippen molar-refractivity contribution in [2.24, 2.45) is 0 Å². The summed E-state index contributed by atoms with van der Waals surface area (Å²) in [7, 11) is 0. The van der Waals surface area contributed by atoms with Gasteiger partial charge in [0, 0.05) is 22.6 Å². The predicted octanol–water partition coefficient (Wildman–Crippen LogP) is 4.85. The van der Waals surface area contributed by atoms with Gasteiger partial charge in [0.25, 0.3) is 5.91 Å². The second-order valence-corrected chi connectivity index (χ2v) is 8.37. The van der Waals surface area contributed by atoms with Gasteiger partial charge in [-0.1, -0.05) is 54.2 Å². The topological polar surface area (TPSA) is 58.6 Å². The number of rotatable bonds is 8. The van der Waals surface area contributed by atoms with Gasteiger partial charge in [-0.3, -0.25) is 9.59 Å². The van der Waals surface area contributed by atoms with Crippen LogP contribution in [0.3, 0.4) is 0 Å². The molecule has 1 N–H and O–H groups in total.